The number of nitrogens with one attached hydrogen (secondary N) is 1. The first-order chi connectivity index (χ1) is 10.7. The number of benzene rings is 1. The van der Waals surface area contributed by atoms with Crippen molar-refractivity contribution in [1.29, 1.82) is 0 Å². The molecule has 23 heavy (non-hydrogen) atoms. The van der Waals surface area contributed by atoms with Crippen molar-refractivity contribution < 1.29 is 4.79 Å². The summed E-state index contributed by atoms with van der Waals surface area (Å²) in [6.45, 7) is 10.4. The molecule has 1 N–H and O–H groups in total. The van der Waals surface area contributed by atoms with Crippen molar-refractivity contribution in [2.75, 3.05) is 18.4 Å². The number of hydrogen-bond acceptors (Lipinski definition) is 2. The zero-order chi connectivity index (χ0) is 16.8. The molecule has 1 saturated heterocycles. The Bertz CT molecular complexity index is 628. The maximum atomic E-state index is 12.7. The van der Waals surface area contributed by atoms with Gasteiger partial charge in [-0.05, 0) is 60.8 Å². The summed E-state index contributed by atoms with van der Waals surface area (Å²) >= 11 is 3.51. The van der Waals surface area contributed by atoms with E-state index in [-0.39, 0.29) is 5.91 Å². The first-order valence-corrected chi connectivity index (χ1v) is 9.26. The fraction of sp³-hybridized carbons (Fsp3) is 0.632. The van der Waals surface area contributed by atoms with Gasteiger partial charge in [0.05, 0.1) is 6.54 Å². The molecule has 1 aliphatic carbocycles. The summed E-state index contributed by atoms with van der Waals surface area (Å²) in [5, 5.41) is 3.29. The van der Waals surface area contributed by atoms with Gasteiger partial charge in [0.25, 0.3) is 0 Å². The molecule has 2 atom stereocenters. The average molecular weight is 379 g/mol. The van der Waals surface area contributed by atoms with Crippen molar-refractivity contribution in [2.45, 2.75) is 53.0 Å². The van der Waals surface area contributed by atoms with Crippen LogP contribution in [0.1, 0.15) is 45.6 Å². The second-order valence-corrected chi connectivity index (χ2v) is 9.41. The molecule has 1 amide bonds. The van der Waals surface area contributed by atoms with Crippen LogP contribution in [0.5, 0.6) is 0 Å². The molecule has 1 saturated carbocycles. The molecular formula is C19H27BrN2O. The van der Waals surface area contributed by atoms with Crippen molar-refractivity contribution in [3.05, 3.63) is 28.2 Å². The molecule has 0 aromatic heterocycles. The first kappa shape index (κ1) is 16.8. The number of aryl methyl sites for hydroxylation is 1. The highest BCUT2D eigenvalue weighted by atomic mass is 79.9. The lowest BCUT2D eigenvalue weighted by Gasteiger charge is -2.39. The monoisotopic (exact) mass is 378 g/mol. The highest BCUT2D eigenvalue weighted by Gasteiger charge is 2.50. The van der Waals surface area contributed by atoms with Crippen molar-refractivity contribution in [2.24, 2.45) is 10.8 Å². The van der Waals surface area contributed by atoms with Crippen LogP contribution in [0.3, 0.4) is 0 Å². The van der Waals surface area contributed by atoms with Crippen LogP contribution in [0.4, 0.5) is 5.69 Å². The van der Waals surface area contributed by atoms with Crippen molar-refractivity contribution >= 4 is 27.5 Å². The molecule has 2 fully saturated rings. The summed E-state index contributed by atoms with van der Waals surface area (Å²) in [7, 11) is 0. The predicted octanol–water partition coefficient (Wildman–Crippen LogP) is 4.60. The first-order valence-electron chi connectivity index (χ1n) is 8.47. The Labute approximate surface area is 148 Å². The van der Waals surface area contributed by atoms with Crippen LogP contribution in [0.2, 0.25) is 0 Å². The van der Waals surface area contributed by atoms with Crippen LogP contribution in [-0.4, -0.2) is 29.9 Å². The SMILES string of the molecule is Cc1cc(NCC(=O)N2CC3(C)CC2CC(C)(C)C3)ccc1Br. The number of fused-ring (bicyclic) bond motifs is 2. The molecule has 2 aliphatic rings. The Morgan fingerprint density at radius 3 is 2.78 bits per heavy atom. The van der Waals surface area contributed by atoms with Gasteiger partial charge in [-0.3, -0.25) is 4.79 Å². The summed E-state index contributed by atoms with van der Waals surface area (Å²) in [5.74, 6) is 0.233. The summed E-state index contributed by atoms with van der Waals surface area (Å²) in [4.78, 5) is 14.9. The van der Waals surface area contributed by atoms with E-state index in [1.807, 2.05) is 12.1 Å². The molecule has 2 unspecified atom stereocenters. The molecule has 1 heterocycles. The molecule has 3 rings (SSSR count). The van der Waals surface area contributed by atoms with E-state index in [0.29, 0.717) is 23.4 Å². The lowest BCUT2D eigenvalue weighted by atomic mass is 9.65. The van der Waals surface area contributed by atoms with E-state index >= 15 is 0 Å². The van der Waals surface area contributed by atoms with Crippen LogP contribution < -0.4 is 5.32 Å². The number of amides is 1. The van der Waals surface area contributed by atoms with E-state index in [0.717, 1.165) is 23.1 Å². The number of rotatable bonds is 3. The van der Waals surface area contributed by atoms with E-state index < -0.39 is 0 Å². The van der Waals surface area contributed by atoms with E-state index in [4.69, 9.17) is 0 Å². The molecule has 4 heteroatoms. The third kappa shape index (κ3) is 3.57. The van der Waals surface area contributed by atoms with Crippen LogP contribution in [0, 0.1) is 17.8 Å². The summed E-state index contributed by atoms with van der Waals surface area (Å²) in [5.41, 5.74) is 2.83. The largest absolute Gasteiger partial charge is 0.376 e. The zero-order valence-corrected chi connectivity index (χ0v) is 16.2. The van der Waals surface area contributed by atoms with Gasteiger partial charge in [0.2, 0.25) is 5.91 Å². The molecule has 0 radical (unpaired) electrons. The Hall–Kier alpha value is -1.03. The molecule has 3 nitrogen and oxygen atoms in total. The maximum absolute atomic E-state index is 12.7. The van der Waals surface area contributed by atoms with Crippen LogP contribution in [-0.2, 0) is 4.79 Å². The van der Waals surface area contributed by atoms with Gasteiger partial charge in [-0.25, -0.2) is 0 Å². The minimum atomic E-state index is 0.233. The Morgan fingerprint density at radius 1 is 1.35 bits per heavy atom. The van der Waals surface area contributed by atoms with Gasteiger partial charge in [-0.2, -0.15) is 0 Å². The number of carbonyl (C=O) groups excluding carboxylic acids is 1. The van der Waals surface area contributed by atoms with E-state index in [2.05, 4.69) is 59.9 Å². The predicted molar refractivity (Wildman–Crippen MR) is 98.6 cm³/mol. The zero-order valence-electron chi connectivity index (χ0n) is 14.6. The van der Waals surface area contributed by atoms with Crippen molar-refractivity contribution in [3.8, 4) is 0 Å². The smallest absolute Gasteiger partial charge is 0.242 e. The quantitative estimate of drug-likeness (QED) is 0.833. The highest BCUT2D eigenvalue weighted by molar-refractivity contribution is 9.10. The normalized spacial score (nSPS) is 28.7. The van der Waals surface area contributed by atoms with Crippen molar-refractivity contribution in [3.63, 3.8) is 0 Å². The molecular weight excluding hydrogens is 352 g/mol. The lowest BCUT2D eigenvalue weighted by molar-refractivity contribution is -0.130. The summed E-state index contributed by atoms with van der Waals surface area (Å²) < 4.78 is 1.10. The molecule has 1 aromatic carbocycles. The van der Waals surface area contributed by atoms with Gasteiger partial charge in [0.15, 0.2) is 0 Å². The van der Waals surface area contributed by atoms with Crippen LogP contribution in [0.25, 0.3) is 0 Å². The van der Waals surface area contributed by atoms with Gasteiger partial charge in [-0.1, -0.05) is 36.7 Å². The number of anilines is 1. The van der Waals surface area contributed by atoms with Gasteiger partial charge in [0.1, 0.15) is 0 Å². The number of likely N-dealkylation sites (tertiary alicyclic amines) is 1. The van der Waals surface area contributed by atoms with Crippen molar-refractivity contribution in [1.82, 2.24) is 4.90 Å². The van der Waals surface area contributed by atoms with Gasteiger partial charge >= 0.3 is 0 Å². The van der Waals surface area contributed by atoms with Gasteiger partial charge < -0.3 is 10.2 Å². The molecule has 2 bridgehead atoms. The molecule has 126 valence electrons. The maximum Gasteiger partial charge on any atom is 0.242 e. The number of hydrogen-bond donors (Lipinski definition) is 1. The number of halogens is 1. The standard InChI is InChI=1S/C19H27BrN2O/c1-13-7-14(5-6-16(13)20)21-10-17(23)22-12-19(4)9-15(22)8-18(2,3)11-19/h5-7,15,21H,8-12H2,1-4H3. The Balaban J connectivity index is 1.64. The van der Waals surface area contributed by atoms with Crippen LogP contribution in [0.15, 0.2) is 22.7 Å². The minimum absolute atomic E-state index is 0.233. The fourth-order valence-corrected chi connectivity index (χ4v) is 5.03. The fourth-order valence-electron chi connectivity index (χ4n) is 4.79. The third-order valence-corrected chi connectivity index (χ3v) is 6.23. The number of carbonyl (C=O) groups is 1. The molecule has 1 aromatic rings. The van der Waals surface area contributed by atoms with Crippen LogP contribution >= 0.6 is 15.9 Å². The topological polar surface area (TPSA) is 32.3 Å². The molecule has 1 aliphatic heterocycles. The lowest BCUT2D eigenvalue weighted by Crippen LogP contribution is -2.40. The molecule has 0 spiro atoms. The average Bonchev–Trinajstić information content (AvgIpc) is 2.69. The summed E-state index contributed by atoms with van der Waals surface area (Å²) in [6.07, 6.45) is 3.52. The third-order valence-electron chi connectivity index (χ3n) is 5.34. The minimum Gasteiger partial charge on any atom is -0.376 e. The Kier molecular flexibility index (Phi) is 4.24. The van der Waals surface area contributed by atoms with E-state index in [1.54, 1.807) is 0 Å². The second kappa shape index (κ2) is 5.80. The van der Waals surface area contributed by atoms with Gasteiger partial charge in [0, 0.05) is 22.7 Å². The van der Waals surface area contributed by atoms with E-state index in [1.165, 1.54) is 18.4 Å². The van der Waals surface area contributed by atoms with E-state index in [9.17, 15) is 4.79 Å². The second-order valence-electron chi connectivity index (χ2n) is 8.55. The summed E-state index contributed by atoms with van der Waals surface area (Å²) in [6, 6.07) is 6.53. The Morgan fingerprint density at radius 2 is 2.09 bits per heavy atom. The highest BCUT2D eigenvalue weighted by Crippen LogP contribution is 2.52. The number of nitrogens with zero attached hydrogens (tertiary/aromatic N) is 1. The van der Waals surface area contributed by atoms with Gasteiger partial charge in [-0.15, -0.1) is 0 Å².